The van der Waals surface area contributed by atoms with Crippen LogP contribution in [0.15, 0.2) is 30.7 Å². The van der Waals surface area contributed by atoms with E-state index in [1.165, 1.54) is 0 Å². The molecule has 17 heavy (non-hydrogen) atoms. The van der Waals surface area contributed by atoms with E-state index < -0.39 is 0 Å². The third-order valence-corrected chi connectivity index (χ3v) is 2.69. The molecule has 1 atom stereocenters. The second kappa shape index (κ2) is 5.54. The standard InChI is InChI=1S/C12H16N4O/c1-3-11(9-17-2)16-8-12(14-15-16)10-4-6-13-7-5-10/h4-8,11H,3,9H2,1-2H3. The van der Waals surface area contributed by atoms with Gasteiger partial charge in [0, 0.05) is 25.1 Å². The summed E-state index contributed by atoms with van der Waals surface area (Å²) in [5.41, 5.74) is 1.89. The lowest BCUT2D eigenvalue weighted by atomic mass is 10.2. The Morgan fingerprint density at radius 2 is 2.12 bits per heavy atom. The molecule has 2 rings (SSSR count). The molecular weight excluding hydrogens is 216 g/mol. The van der Waals surface area contributed by atoms with Gasteiger partial charge in [0.2, 0.25) is 0 Å². The highest BCUT2D eigenvalue weighted by atomic mass is 16.5. The topological polar surface area (TPSA) is 52.8 Å². The van der Waals surface area contributed by atoms with E-state index in [0.717, 1.165) is 17.7 Å². The largest absolute Gasteiger partial charge is 0.382 e. The van der Waals surface area contributed by atoms with Crippen molar-refractivity contribution in [3.8, 4) is 11.3 Å². The Hall–Kier alpha value is -1.75. The van der Waals surface area contributed by atoms with Gasteiger partial charge in [0.25, 0.3) is 0 Å². The maximum atomic E-state index is 5.17. The van der Waals surface area contributed by atoms with Crippen LogP contribution >= 0.6 is 0 Å². The Bertz CT molecular complexity index is 455. The van der Waals surface area contributed by atoms with Gasteiger partial charge in [-0.25, -0.2) is 4.68 Å². The zero-order chi connectivity index (χ0) is 12.1. The van der Waals surface area contributed by atoms with Crippen molar-refractivity contribution in [1.82, 2.24) is 20.0 Å². The minimum Gasteiger partial charge on any atom is -0.382 e. The molecule has 0 aliphatic rings. The molecule has 0 N–H and O–H groups in total. The monoisotopic (exact) mass is 232 g/mol. The fourth-order valence-electron chi connectivity index (χ4n) is 1.68. The molecule has 0 bridgehead atoms. The van der Waals surface area contributed by atoms with Gasteiger partial charge in [0.1, 0.15) is 5.69 Å². The average molecular weight is 232 g/mol. The van der Waals surface area contributed by atoms with Crippen LogP contribution in [-0.4, -0.2) is 33.7 Å². The zero-order valence-electron chi connectivity index (χ0n) is 10.1. The molecule has 2 aromatic rings. The van der Waals surface area contributed by atoms with E-state index in [-0.39, 0.29) is 6.04 Å². The molecule has 0 spiro atoms. The van der Waals surface area contributed by atoms with Crippen molar-refractivity contribution in [3.05, 3.63) is 30.7 Å². The van der Waals surface area contributed by atoms with Crippen LogP contribution < -0.4 is 0 Å². The summed E-state index contributed by atoms with van der Waals surface area (Å²) in [6, 6.07) is 4.08. The van der Waals surface area contributed by atoms with E-state index in [0.29, 0.717) is 6.61 Å². The molecule has 5 nitrogen and oxygen atoms in total. The van der Waals surface area contributed by atoms with Crippen molar-refractivity contribution in [3.63, 3.8) is 0 Å². The van der Waals surface area contributed by atoms with Gasteiger partial charge in [-0.15, -0.1) is 5.10 Å². The van der Waals surface area contributed by atoms with Gasteiger partial charge in [-0.2, -0.15) is 0 Å². The highest BCUT2D eigenvalue weighted by Crippen LogP contribution is 2.17. The molecule has 2 heterocycles. The van der Waals surface area contributed by atoms with Crippen molar-refractivity contribution in [1.29, 1.82) is 0 Å². The molecule has 0 amide bonds. The number of rotatable bonds is 5. The number of hydrogen-bond donors (Lipinski definition) is 0. The minimum atomic E-state index is 0.239. The molecule has 1 unspecified atom stereocenters. The van der Waals surface area contributed by atoms with Crippen LogP contribution in [0.5, 0.6) is 0 Å². The first-order valence-corrected chi connectivity index (χ1v) is 5.66. The molecule has 0 saturated carbocycles. The van der Waals surface area contributed by atoms with Crippen LogP contribution in [0.4, 0.5) is 0 Å². The summed E-state index contributed by atoms with van der Waals surface area (Å²) in [6.07, 6.45) is 6.41. The lowest BCUT2D eigenvalue weighted by molar-refractivity contribution is 0.146. The summed E-state index contributed by atoms with van der Waals surface area (Å²) in [5.74, 6) is 0. The first-order chi connectivity index (χ1) is 8.35. The minimum absolute atomic E-state index is 0.239. The van der Waals surface area contributed by atoms with E-state index in [4.69, 9.17) is 4.74 Å². The third-order valence-electron chi connectivity index (χ3n) is 2.69. The van der Waals surface area contributed by atoms with Gasteiger partial charge >= 0.3 is 0 Å². The van der Waals surface area contributed by atoms with E-state index in [2.05, 4.69) is 22.2 Å². The normalized spacial score (nSPS) is 12.6. The number of hydrogen-bond acceptors (Lipinski definition) is 4. The Labute approximate surface area is 100 Å². The average Bonchev–Trinajstić information content (AvgIpc) is 2.86. The van der Waals surface area contributed by atoms with Gasteiger partial charge in [0.05, 0.1) is 18.8 Å². The molecule has 0 radical (unpaired) electrons. The summed E-state index contributed by atoms with van der Waals surface area (Å²) in [6.45, 7) is 2.76. The maximum absolute atomic E-state index is 5.17. The lowest BCUT2D eigenvalue weighted by Crippen LogP contribution is -2.14. The third kappa shape index (κ3) is 2.68. The van der Waals surface area contributed by atoms with Crippen molar-refractivity contribution in [2.24, 2.45) is 0 Å². The molecule has 0 aromatic carbocycles. The Kier molecular flexibility index (Phi) is 3.82. The molecule has 5 heteroatoms. The first kappa shape index (κ1) is 11.7. The van der Waals surface area contributed by atoms with Crippen LogP contribution in [0, 0.1) is 0 Å². The van der Waals surface area contributed by atoms with E-state index >= 15 is 0 Å². The fraction of sp³-hybridized carbons (Fsp3) is 0.417. The number of ether oxygens (including phenoxy) is 1. The number of aromatic nitrogens is 4. The molecule has 2 aromatic heterocycles. The molecule has 0 aliphatic heterocycles. The smallest absolute Gasteiger partial charge is 0.113 e. The predicted molar refractivity (Wildman–Crippen MR) is 64.5 cm³/mol. The van der Waals surface area contributed by atoms with Gasteiger partial charge in [-0.1, -0.05) is 12.1 Å². The summed E-state index contributed by atoms with van der Waals surface area (Å²) in [5, 5.41) is 8.32. The second-order valence-electron chi connectivity index (χ2n) is 3.84. The van der Waals surface area contributed by atoms with Gasteiger partial charge < -0.3 is 4.74 Å². The van der Waals surface area contributed by atoms with Crippen LogP contribution in [0.3, 0.4) is 0 Å². The van der Waals surface area contributed by atoms with Crippen molar-refractivity contribution in [2.45, 2.75) is 19.4 Å². The van der Waals surface area contributed by atoms with Crippen LogP contribution in [0.1, 0.15) is 19.4 Å². The SMILES string of the molecule is CCC(COC)n1cc(-c2ccncc2)nn1. The number of methoxy groups -OCH3 is 1. The van der Waals surface area contributed by atoms with Crippen molar-refractivity contribution >= 4 is 0 Å². The Morgan fingerprint density at radius 1 is 1.35 bits per heavy atom. The summed E-state index contributed by atoms with van der Waals surface area (Å²) in [7, 11) is 1.70. The van der Waals surface area contributed by atoms with Gasteiger partial charge in [-0.05, 0) is 18.6 Å². The molecule has 0 fully saturated rings. The van der Waals surface area contributed by atoms with Crippen molar-refractivity contribution in [2.75, 3.05) is 13.7 Å². The number of nitrogens with zero attached hydrogens (tertiary/aromatic N) is 4. The summed E-state index contributed by atoms with van der Waals surface area (Å²) < 4.78 is 7.03. The van der Waals surface area contributed by atoms with E-state index in [1.54, 1.807) is 19.5 Å². The highest BCUT2D eigenvalue weighted by Gasteiger charge is 2.11. The summed E-state index contributed by atoms with van der Waals surface area (Å²) >= 11 is 0. The predicted octanol–water partition coefficient (Wildman–Crippen LogP) is 1.94. The maximum Gasteiger partial charge on any atom is 0.113 e. The Morgan fingerprint density at radius 3 is 2.76 bits per heavy atom. The van der Waals surface area contributed by atoms with Gasteiger partial charge in [0.15, 0.2) is 0 Å². The van der Waals surface area contributed by atoms with Crippen LogP contribution in [-0.2, 0) is 4.74 Å². The highest BCUT2D eigenvalue weighted by molar-refractivity contribution is 5.56. The molecule has 0 aliphatic carbocycles. The van der Waals surface area contributed by atoms with E-state index in [9.17, 15) is 0 Å². The molecular formula is C12H16N4O. The van der Waals surface area contributed by atoms with Crippen LogP contribution in [0.25, 0.3) is 11.3 Å². The second-order valence-corrected chi connectivity index (χ2v) is 3.84. The fourth-order valence-corrected chi connectivity index (χ4v) is 1.68. The summed E-state index contributed by atoms with van der Waals surface area (Å²) in [4.78, 5) is 3.98. The van der Waals surface area contributed by atoms with Crippen LogP contribution in [0.2, 0.25) is 0 Å². The van der Waals surface area contributed by atoms with Crippen molar-refractivity contribution < 1.29 is 4.74 Å². The van der Waals surface area contributed by atoms with E-state index in [1.807, 2.05) is 23.0 Å². The lowest BCUT2D eigenvalue weighted by Gasteiger charge is -2.12. The first-order valence-electron chi connectivity index (χ1n) is 5.66. The molecule has 90 valence electrons. The molecule has 0 saturated heterocycles. The Balaban J connectivity index is 2.21. The van der Waals surface area contributed by atoms with Gasteiger partial charge in [-0.3, -0.25) is 4.98 Å². The quantitative estimate of drug-likeness (QED) is 0.790. The number of pyridine rings is 1. The zero-order valence-corrected chi connectivity index (χ0v) is 10.1.